The molecule has 0 aromatic heterocycles. The topological polar surface area (TPSA) is 20.2 Å². The van der Waals surface area contributed by atoms with E-state index >= 15 is 0 Å². The van der Waals surface area contributed by atoms with Gasteiger partial charge in [0.2, 0.25) is 0 Å². The molecular weight excluding hydrogens is 148 g/mol. The van der Waals surface area contributed by atoms with Crippen LogP contribution in [0.5, 0.6) is 0 Å². The molecule has 1 heteroatoms. The highest BCUT2D eigenvalue weighted by atomic mass is 16.3. The molecule has 1 N–H and O–H groups in total. The van der Waals surface area contributed by atoms with Crippen LogP contribution in [0.2, 0.25) is 0 Å². The molecule has 0 spiro atoms. The van der Waals surface area contributed by atoms with Gasteiger partial charge in [-0.3, -0.25) is 0 Å². The number of hydrogen-bond acceptors (Lipinski definition) is 1. The Morgan fingerprint density at radius 2 is 2.00 bits per heavy atom. The highest BCUT2D eigenvalue weighted by molar-refractivity contribution is 5.20. The van der Waals surface area contributed by atoms with Gasteiger partial charge in [-0.1, -0.05) is 26.8 Å². The van der Waals surface area contributed by atoms with Crippen LogP contribution in [0.1, 0.15) is 47.0 Å². The average molecular weight is 168 g/mol. The van der Waals surface area contributed by atoms with E-state index in [0.29, 0.717) is 0 Å². The molecule has 0 fully saturated rings. The maximum Gasteiger partial charge on any atom is 0.0852 e. The Morgan fingerprint density at radius 3 is 2.42 bits per heavy atom. The molecule has 70 valence electrons. The smallest absolute Gasteiger partial charge is 0.0852 e. The molecule has 1 aliphatic carbocycles. The van der Waals surface area contributed by atoms with Gasteiger partial charge in [0.05, 0.1) is 5.60 Å². The summed E-state index contributed by atoms with van der Waals surface area (Å²) in [5, 5.41) is 10.1. The van der Waals surface area contributed by atoms with Crippen LogP contribution in [0.4, 0.5) is 0 Å². The lowest BCUT2D eigenvalue weighted by molar-refractivity contribution is 0.0440. The highest BCUT2D eigenvalue weighted by Crippen LogP contribution is 2.40. The van der Waals surface area contributed by atoms with Gasteiger partial charge in [0.25, 0.3) is 0 Å². The summed E-state index contributed by atoms with van der Waals surface area (Å²) in [4.78, 5) is 0. The second-order valence-corrected chi connectivity index (χ2v) is 4.70. The fourth-order valence-corrected chi connectivity index (χ4v) is 1.97. The van der Waals surface area contributed by atoms with Gasteiger partial charge in [0, 0.05) is 0 Å². The van der Waals surface area contributed by atoms with Crippen molar-refractivity contribution < 1.29 is 5.11 Å². The summed E-state index contributed by atoms with van der Waals surface area (Å²) in [5.41, 5.74) is 0.933. The van der Waals surface area contributed by atoms with Crippen LogP contribution in [0, 0.1) is 5.41 Å². The Bertz CT molecular complexity index is 203. The lowest BCUT2D eigenvalue weighted by Gasteiger charge is -2.38. The van der Waals surface area contributed by atoms with Gasteiger partial charge in [0.15, 0.2) is 0 Å². The number of hydrogen-bond donors (Lipinski definition) is 1. The fourth-order valence-electron chi connectivity index (χ4n) is 1.97. The van der Waals surface area contributed by atoms with Crippen LogP contribution in [-0.2, 0) is 0 Å². The Hall–Kier alpha value is -0.300. The van der Waals surface area contributed by atoms with Crippen molar-refractivity contribution in [3.05, 3.63) is 11.6 Å². The Balaban J connectivity index is 2.90. The monoisotopic (exact) mass is 168 g/mol. The van der Waals surface area contributed by atoms with Crippen molar-refractivity contribution in [2.24, 2.45) is 5.41 Å². The SMILES string of the molecule is CC[C@]1(O)CCC(C)(C)C=C1C. The molecule has 12 heavy (non-hydrogen) atoms. The van der Waals surface area contributed by atoms with Gasteiger partial charge in [-0.2, -0.15) is 0 Å². The number of aliphatic hydroxyl groups is 1. The second kappa shape index (κ2) is 2.88. The van der Waals surface area contributed by atoms with Crippen LogP contribution >= 0.6 is 0 Å². The zero-order valence-corrected chi connectivity index (χ0v) is 8.65. The van der Waals surface area contributed by atoms with Crippen molar-refractivity contribution >= 4 is 0 Å². The van der Waals surface area contributed by atoms with Gasteiger partial charge >= 0.3 is 0 Å². The van der Waals surface area contributed by atoms with Crippen molar-refractivity contribution in [1.29, 1.82) is 0 Å². The van der Waals surface area contributed by atoms with E-state index in [4.69, 9.17) is 0 Å². The fraction of sp³-hybridized carbons (Fsp3) is 0.818. The Kier molecular flexibility index (Phi) is 2.35. The predicted octanol–water partition coefficient (Wildman–Crippen LogP) is 2.89. The van der Waals surface area contributed by atoms with Crippen molar-refractivity contribution in [2.75, 3.05) is 0 Å². The quantitative estimate of drug-likeness (QED) is 0.597. The average Bonchev–Trinajstić information content (AvgIpc) is 1.97. The maximum absolute atomic E-state index is 10.1. The van der Waals surface area contributed by atoms with E-state index in [-0.39, 0.29) is 5.41 Å². The molecule has 0 aromatic carbocycles. The maximum atomic E-state index is 10.1. The zero-order valence-electron chi connectivity index (χ0n) is 8.65. The number of allylic oxidation sites excluding steroid dienone is 1. The van der Waals surface area contributed by atoms with Gasteiger partial charge in [-0.15, -0.1) is 0 Å². The summed E-state index contributed by atoms with van der Waals surface area (Å²) in [7, 11) is 0. The molecule has 1 atom stereocenters. The molecule has 1 aliphatic rings. The minimum atomic E-state index is -0.504. The molecule has 0 aliphatic heterocycles. The van der Waals surface area contributed by atoms with E-state index < -0.39 is 5.60 Å². The molecule has 1 nitrogen and oxygen atoms in total. The first-order valence-electron chi connectivity index (χ1n) is 4.82. The summed E-state index contributed by atoms with van der Waals surface area (Å²) in [6, 6.07) is 0. The lowest BCUT2D eigenvalue weighted by Crippen LogP contribution is -2.35. The third kappa shape index (κ3) is 1.71. The van der Waals surface area contributed by atoms with Crippen molar-refractivity contribution in [3.8, 4) is 0 Å². The summed E-state index contributed by atoms with van der Waals surface area (Å²) in [6.07, 6.45) is 5.07. The second-order valence-electron chi connectivity index (χ2n) is 4.70. The van der Waals surface area contributed by atoms with Gasteiger partial charge in [-0.05, 0) is 37.2 Å². The van der Waals surface area contributed by atoms with Gasteiger partial charge < -0.3 is 5.11 Å². The molecule has 0 amide bonds. The minimum absolute atomic E-state index is 0.283. The third-order valence-electron chi connectivity index (χ3n) is 3.11. The molecule has 0 heterocycles. The van der Waals surface area contributed by atoms with E-state index in [1.54, 1.807) is 0 Å². The summed E-state index contributed by atoms with van der Waals surface area (Å²) in [6.45, 7) is 8.55. The van der Waals surface area contributed by atoms with Gasteiger partial charge in [0.1, 0.15) is 0 Å². The van der Waals surface area contributed by atoms with E-state index in [1.165, 1.54) is 0 Å². The minimum Gasteiger partial charge on any atom is -0.386 e. The first kappa shape index (κ1) is 9.79. The lowest BCUT2D eigenvalue weighted by atomic mass is 9.72. The van der Waals surface area contributed by atoms with Crippen LogP contribution < -0.4 is 0 Å². The van der Waals surface area contributed by atoms with Crippen molar-refractivity contribution in [3.63, 3.8) is 0 Å². The van der Waals surface area contributed by atoms with E-state index in [0.717, 1.165) is 24.8 Å². The molecule has 0 bridgehead atoms. The molecule has 0 saturated heterocycles. The molecule has 1 rings (SSSR count). The van der Waals surface area contributed by atoms with Crippen LogP contribution in [-0.4, -0.2) is 10.7 Å². The van der Waals surface area contributed by atoms with E-state index in [1.807, 2.05) is 6.92 Å². The molecule has 0 radical (unpaired) electrons. The zero-order chi connectivity index (χ0) is 9.41. The van der Waals surface area contributed by atoms with Crippen LogP contribution in [0.3, 0.4) is 0 Å². The standard InChI is InChI=1S/C11H20O/c1-5-11(12)7-6-10(3,4)8-9(11)2/h8,12H,5-7H2,1-4H3/t11-/m0/s1. The normalized spacial score (nSPS) is 34.6. The van der Waals surface area contributed by atoms with Gasteiger partial charge in [-0.25, -0.2) is 0 Å². The van der Waals surface area contributed by atoms with E-state index in [9.17, 15) is 5.11 Å². The Labute approximate surface area is 75.5 Å². The highest BCUT2D eigenvalue weighted by Gasteiger charge is 2.34. The number of rotatable bonds is 1. The first-order chi connectivity index (χ1) is 5.40. The van der Waals surface area contributed by atoms with Crippen molar-refractivity contribution in [2.45, 2.75) is 52.6 Å². The van der Waals surface area contributed by atoms with Crippen molar-refractivity contribution in [1.82, 2.24) is 0 Å². The predicted molar refractivity (Wildman–Crippen MR) is 52.0 cm³/mol. The molecule has 0 aromatic rings. The summed E-state index contributed by atoms with van der Waals surface area (Å²) < 4.78 is 0. The first-order valence-corrected chi connectivity index (χ1v) is 4.82. The largest absolute Gasteiger partial charge is 0.386 e. The summed E-state index contributed by atoms with van der Waals surface area (Å²) in [5.74, 6) is 0. The summed E-state index contributed by atoms with van der Waals surface area (Å²) >= 11 is 0. The molecular formula is C11H20O. The van der Waals surface area contributed by atoms with Crippen LogP contribution in [0.25, 0.3) is 0 Å². The van der Waals surface area contributed by atoms with Crippen LogP contribution in [0.15, 0.2) is 11.6 Å². The molecule has 0 saturated carbocycles. The Morgan fingerprint density at radius 1 is 1.42 bits per heavy atom. The molecule has 0 unspecified atom stereocenters. The third-order valence-corrected chi connectivity index (χ3v) is 3.11. The van der Waals surface area contributed by atoms with E-state index in [2.05, 4.69) is 26.8 Å².